The number of phenols is 1. The lowest BCUT2D eigenvalue weighted by Gasteiger charge is -2.36. The molecule has 1 saturated heterocycles. The van der Waals surface area contributed by atoms with E-state index in [2.05, 4.69) is 17.4 Å². The van der Waals surface area contributed by atoms with Gasteiger partial charge in [0.15, 0.2) is 0 Å². The Morgan fingerprint density at radius 1 is 1.07 bits per heavy atom. The van der Waals surface area contributed by atoms with Crippen molar-refractivity contribution < 1.29 is 14.7 Å². The number of aromatic hydroxyl groups is 1. The molecule has 0 saturated carbocycles. The zero-order valence-corrected chi connectivity index (χ0v) is 15.8. The summed E-state index contributed by atoms with van der Waals surface area (Å²) in [6.45, 7) is 2.83. The fraction of sp³-hybridized carbons (Fsp3) is 0.364. The first-order valence-electron chi connectivity index (χ1n) is 9.74. The van der Waals surface area contributed by atoms with Gasteiger partial charge in [0.1, 0.15) is 11.8 Å². The molecule has 1 fully saturated rings. The Bertz CT molecular complexity index is 866. The van der Waals surface area contributed by atoms with Gasteiger partial charge in [0.05, 0.1) is 6.54 Å². The van der Waals surface area contributed by atoms with Crippen LogP contribution in [0.5, 0.6) is 5.75 Å². The van der Waals surface area contributed by atoms with E-state index in [4.69, 9.17) is 0 Å². The maximum Gasteiger partial charge on any atom is 0.246 e. The number of nitrogens with zero attached hydrogens (tertiary/aromatic N) is 2. The summed E-state index contributed by atoms with van der Waals surface area (Å²) in [6.07, 6.45) is 1.62. The molecule has 0 radical (unpaired) electrons. The molecular weight excluding hydrogens is 354 g/mol. The Kier molecular flexibility index (Phi) is 5.30. The average Bonchev–Trinajstić information content (AvgIpc) is 2.72. The number of rotatable bonds is 4. The van der Waals surface area contributed by atoms with Crippen LogP contribution in [0.2, 0.25) is 0 Å². The molecule has 6 heteroatoms. The summed E-state index contributed by atoms with van der Waals surface area (Å²) in [5.41, 5.74) is 3.59. The molecule has 28 heavy (non-hydrogen) atoms. The molecule has 0 aromatic heterocycles. The number of benzene rings is 2. The van der Waals surface area contributed by atoms with Crippen LogP contribution in [0.4, 0.5) is 0 Å². The monoisotopic (exact) mass is 379 g/mol. The summed E-state index contributed by atoms with van der Waals surface area (Å²) >= 11 is 0. The van der Waals surface area contributed by atoms with Crippen molar-refractivity contribution in [2.45, 2.75) is 25.4 Å². The van der Waals surface area contributed by atoms with E-state index in [0.717, 1.165) is 18.4 Å². The number of hydrogen-bond acceptors (Lipinski definition) is 4. The van der Waals surface area contributed by atoms with Gasteiger partial charge in [-0.15, -0.1) is 0 Å². The molecule has 6 nitrogen and oxygen atoms in total. The Morgan fingerprint density at radius 3 is 2.61 bits per heavy atom. The van der Waals surface area contributed by atoms with E-state index in [-0.39, 0.29) is 17.6 Å². The van der Waals surface area contributed by atoms with Gasteiger partial charge in [0.2, 0.25) is 11.8 Å². The molecule has 2 amide bonds. The molecule has 0 aliphatic carbocycles. The van der Waals surface area contributed by atoms with E-state index in [1.807, 2.05) is 34.1 Å². The van der Waals surface area contributed by atoms with Gasteiger partial charge in [-0.05, 0) is 41.7 Å². The van der Waals surface area contributed by atoms with Crippen molar-refractivity contribution in [3.8, 4) is 5.75 Å². The first-order chi connectivity index (χ1) is 13.6. The summed E-state index contributed by atoms with van der Waals surface area (Å²) in [4.78, 5) is 29.1. The normalized spacial score (nSPS) is 19.8. The van der Waals surface area contributed by atoms with E-state index in [1.165, 1.54) is 11.1 Å². The smallest absolute Gasteiger partial charge is 0.246 e. The Balaban J connectivity index is 1.37. The standard InChI is InChI=1S/C22H25N3O3/c26-19-7-5-16(6-8-19)9-11-24-14-20(23-21(27)15-24)22(28)25-12-10-17-3-1-2-4-18(17)13-25/h1-8,20,26H,9-15H2,(H,23,27)/t20-/m0/s1. The van der Waals surface area contributed by atoms with Crippen molar-refractivity contribution in [1.82, 2.24) is 15.1 Å². The van der Waals surface area contributed by atoms with Gasteiger partial charge < -0.3 is 15.3 Å². The van der Waals surface area contributed by atoms with E-state index in [0.29, 0.717) is 32.7 Å². The predicted molar refractivity (Wildman–Crippen MR) is 106 cm³/mol. The summed E-state index contributed by atoms with van der Waals surface area (Å²) in [6, 6.07) is 14.8. The van der Waals surface area contributed by atoms with Crippen molar-refractivity contribution in [2.75, 3.05) is 26.2 Å². The molecule has 1 atom stereocenters. The first-order valence-corrected chi connectivity index (χ1v) is 9.74. The van der Waals surface area contributed by atoms with Gasteiger partial charge >= 0.3 is 0 Å². The molecule has 2 aliphatic heterocycles. The number of carbonyl (C=O) groups is 2. The molecule has 0 spiro atoms. The molecule has 0 unspecified atom stereocenters. The fourth-order valence-corrected chi connectivity index (χ4v) is 3.98. The third kappa shape index (κ3) is 4.17. The highest BCUT2D eigenvalue weighted by Crippen LogP contribution is 2.20. The van der Waals surface area contributed by atoms with Crippen LogP contribution in [0.3, 0.4) is 0 Å². The number of amides is 2. The van der Waals surface area contributed by atoms with Crippen LogP contribution in [-0.4, -0.2) is 58.9 Å². The van der Waals surface area contributed by atoms with Crippen molar-refractivity contribution in [3.63, 3.8) is 0 Å². The third-order valence-electron chi connectivity index (χ3n) is 5.54. The second-order valence-corrected chi connectivity index (χ2v) is 7.55. The van der Waals surface area contributed by atoms with Crippen molar-refractivity contribution in [3.05, 3.63) is 65.2 Å². The summed E-state index contributed by atoms with van der Waals surface area (Å²) in [5.74, 6) is 0.139. The lowest BCUT2D eigenvalue weighted by atomic mass is 9.99. The van der Waals surface area contributed by atoms with Crippen molar-refractivity contribution in [1.29, 1.82) is 0 Å². The molecular formula is C22H25N3O3. The van der Waals surface area contributed by atoms with E-state index >= 15 is 0 Å². The summed E-state index contributed by atoms with van der Waals surface area (Å²) < 4.78 is 0. The molecule has 2 aliphatic rings. The van der Waals surface area contributed by atoms with Gasteiger partial charge in [0.25, 0.3) is 0 Å². The zero-order chi connectivity index (χ0) is 19.5. The highest BCUT2D eigenvalue weighted by atomic mass is 16.3. The lowest BCUT2D eigenvalue weighted by Crippen LogP contribution is -2.60. The van der Waals surface area contributed by atoms with Crippen LogP contribution in [0.1, 0.15) is 16.7 Å². The van der Waals surface area contributed by atoms with Crippen molar-refractivity contribution >= 4 is 11.8 Å². The Hall–Kier alpha value is -2.86. The van der Waals surface area contributed by atoms with Gasteiger partial charge in [-0.1, -0.05) is 36.4 Å². The Labute approximate surface area is 164 Å². The van der Waals surface area contributed by atoms with Gasteiger partial charge in [-0.3, -0.25) is 14.5 Å². The van der Waals surface area contributed by atoms with Crippen LogP contribution in [0, 0.1) is 0 Å². The van der Waals surface area contributed by atoms with Crippen LogP contribution < -0.4 is 5.32 Å². The number of phenolic OH excluding ortho intramolecular Hbond substituents is 1. The summed E-state index contributed by atoms with van der Waals surface area (Å²) in [5, 5.41) is 12.3. The molecule has 2 heterocycles. The van der Waals surface area contributed by atoms with E-state index in [9.17, 15) is 14.7 Å². The predicted octanol–water partition coefficient (Wildman–Crippen LogP) is 1.32. The Morgan fingerprint density at radius 2 is 1.82 bits per heavy atom. The number of piperazine rings is 1. The SMILES string of the molecule is O=C1CN(CCc2ccc(O)cc2)C[C@@H](C(=O)N2CCc3ccccc3C2)N1. The maximum absolute atomic E-state index is 13.0. The third-order valence-corrected chi connectivity index (χ3v) is 5.54. The van der Waals surface area contributed by atoms with Crippen LogP contribution in [-0.2, 0) is 29.0 Å². The van der Waals surface area contributed by atoms with Crippen molar-refractivity contribution in [2.24, 2.45) is 0 Å². The maximum atomic E-state index is 13.0. The van der Waals surface area contributed by atoms with Crippen LogP contribution in [0.25, 0.3) is 0 Å². The van der Waals surface area contributed by atoms with Gasteiger partial charge in [-0.2, -0.15) is 0 Å². The van der Waals surface area contributed by atoms with E-state index in [1.54, 1.807) is 12.1 Å². The van der Waals surface area contributed by atoms with E-state index < -0.39 is 6.04 Å². The van der Waals surface area contributed by atoms with Gasteiger partial charge in [-0.25, -0.2) is 0 Å². The average molecular weight is 379 g/mol. The minimum Gasteiger partial charge on any atom is -0.508 e. The zero-order valence-electron chi connectivity index (χ0n) is 15.8. The number of carbonyl (C=O) groups excluding carboxylic acids is 2. The van der Waals surface area contributed by atoms with Crippen LogP contribution in [0.15, 0.2) is 48.5 Å². The molecule has 0 bridgehead atoms. The lowest BCUT2D eigenvalue weighted by molar-refractivity contribution is -0.140. The molecule has 2 N–H and O–H groups in total. The largest absolute Gasteiger partial charge is 0.508 e. The molecule has 4 rings (SSSR count). The van der Waals surface area contributed by atoms with Gasteiger partial charge in [0, 0.05) is 26.2 Å². The minimum atomic E-state index is -0.494. The van der Waals surface area contributed by atoms with Crippen LogP contribution >= 0.6 is 0 Å². The molecule has 2 aromatic rings. The first kappa shape index (κ1) is 18.5. The highest BCUT2D eigenvalue weighted by molar-refractivity contribution is 5.89. The number of nitrogens with one attached hydrogen (secondary N) is 1. The fourth-order valence-electron chi connectivity index (χ4n) is 3.98. The minimum absolute atomic E-state index is 0.00261. The molecule has 146 valence electrons. The quantitative estimate of drug-likeness (QED) is 0.841. The number of fused-ring (bicyclic) bond motifs is 1. The second-order valence-electron chi connectivity index (χ2n) is 7.55. The molecule has 2 aromatic carbocycles. The second kappa shape index (κ2) is 8.02. The topological polar surface area (TPSA) is 72.9 Å². The highest BCUT2D eigenvalue weighted by Gasteiger charge is 2.33. The summed E-state index contributed by atoms with van der Waals surface area (Å²) in [7, 11) is 0. The number of hydrogen-bond donors (Lipinski definition) is 2.